The zero-order valence-electron chi connectivity index (χ0n) is 10.5. The Morgan fingerprint density at radius 3 is 2.45 bits per heavy atom. The van der Waals surface area contributed by atoms with Gasteiger partial charge in [-0.15, -0.1) is 0 Å². The quantitative estimate of drug-likeness (QED) is 0.746. The van der Waals surface area contributed by atoms with Gasteiger partial charge < -0.3 is 9.63 Å². The van der Waals surface area contributed by atoms with Crippen LogP contribution in [-0.2, 0) is 9.59 Å². The van der Waals surface area contributed by atoms with Gasteiger partial charge >= 0.3 is 12.1 Å². The number of anilines is 1. The standard InChI is InChI=1S/C10H12F3N3O4/c1-5-3-7(20-16-5)15-6(17)4-14-9(2,8(18)19)10(11,12)13/h3,14H,4H2,1-2H3,(H,15,17)(H,18,19). The van der Waals surface area contributed by atoms with Crippen molar-refractivity contribution in [3.63, 3.8) is 0 Å². The van der Waals surface area contributed by atoms with Crippen LogP contribution in [0.15, 0.2) is 10.6 Å². The van der Waals surface area contributed by atoms with Crippen molar-refractivity contribution >= 4 is 17.8 Å². The molecule has 0 bridgehead atoms. The zero-order chi connectivity index (χ0) is 15.6. The second kappa shape index (κ2) is 5.49. The number of hydrogen-bond donors (Lipinski definition) is 3. The molecule has 0 saturated carbocycles. The summed E-state index contributed by atoms with van der Waals surface area (Å²) in [6.45, 7) is 1.16. The minimum absolute atomic E-state index is 0.0432. The van der Waals surface area contributed by atoms with Crippen molar-refractivity contribution in [1.82, 2.24) is 10.5 Å². The molecule has 1 amide bonds. The Morgan fingerprint density at radius 1 is 1.45 bits per heavy atom. The summed E-state index contributed by atoms with van der Waals surface area (Å²) in [5.41, 5.74) is -2.75. The Morgan fingerprint density at radius 2 is 2.05 bits per heavy atom. The summed E-state index contributed by atoms with van der Waals surface area (Å²) in [7, 11) is 0. The van der Waals surface area contributed by atoms with Crippen molar-refractivity contribution in [2.24, 2.45) is 0 Å². The van der Waals surface area contributed by atoms with Gasteiger partial charge in [-0.25, -0.2) is 4.79 Å². The van der Waals surface area contributed by atoms with Crippen molar-refractivity contribution in [2.45, 2.75) is 25.6 Å². The first kappa shape index (κ1) is 16.0. The van der Waals surface area contributed by atoms with E-state index in [4.69, 9.17) is 5.11 Å². The van der Waals surface area contributed by atoms with E-state index in [1.54, 1.807) is 12.2 Å². The molecule has 1 atom stereocenters. The van der Waals surface area contributed by atoms with E-state index in [0.29, 0.717) is 12.6 Å². The summed E-state index contributed by atoms with van der Waals surface area (Å²) in [6, 6.07) is 1.36. The predicted octanol–water partition coefficient (Wildman–Crippen LogP) is 0.917. The van der Waals surface area contributed by atoms with Gasteiger partial charge in [-0.2, -0.15) is 13.2 Å². The lowest BCUT2D eigenvalue weighted by atomic mass is 10.0. The van der Waals surface area contributed by atoms with E-state index in [1.807, 2.05) is 0 Å². The smallest absolute Gasteiger partial charge is 0.417 e. The molecule has 3 N–H and O–H groups in total. The van der Waals surface area contributed by atoms with E-state index in [1.165, 1.54) is 6.07 Å². The number of aromatic nitrogens is 1. The molecule has 0 aromatic carbocycles. The van der Waals surface area contributed by atoms with Crippen molar-refractivity contribution in [1.29, 1.82) is 0 Å². The Labute approximate surface area is 111 Å². The van der Waals surface area contributed by atoms with Crippen LogP contribution in [0.3, 0.4) is 0 Å². The van der Waals surface area contributed by atoms with Gasteiger partial charge in [-0.3, -0.25) is 15.4 Å². The molecular formula is C10H12F3N3O4. The number of carbonyl (C=O) groups is 2. The van der Waals surface area contributed by atoms with E-state index in [2.05, 4.69) is 15.0 Å². The van der Waals surface area contributed by atoms with Crippen LogP contribution in [0.5, 0.6) is 0 Å². The predicted molar refractivity (Wildman–Crippen MR) is 60.0 cm³/mol. The number of aryl methyl sites for hydroxylation is 1. The number of aliphatic carboxylic acids is 1. The average molecular weight is 295 g/mol. The van der Waals surface area contributed by atoms with Crippen LogP contribution < -0.4 is 10.6 Å². The fourth-order valence-corrected chi connectivity index (χ4v) is 1.16. The molecule has 7 nitrogen and oxygen atoms in total. The second-order valence-electron chi connectivity index (χ2n) is 4.16. The summed E-state index contributed by atoms with van der Waals surface area (Å²) in [5, 5.41) is 15.9. The monoisotopic (exact) mass is 295 g/mol. The summed E-state index contributed by atoms with van der Waals surface area (Å²) in [5.74, 6) is -3.07. The van der Waals surface area contributed by atoms with Crippen LogP contribution >= 0.6 is 0 Å². The number of carbonyl (C=O) groups excluding carboxylic acids is 1. The van der Waals surface area contributed by atoms with Crippen molar-refractivity contribution < 1.29 is 32.4 Å². The lowest BCUT2D eigenvalue weighted by Crippen LogP contribution is -2.61. The third-order valence-corrected chi connectivity index (χ3v) is 2.49. The highest BCUT2D eigenvalue weighted by molar-refractivity contribution is 5.91. The van der Waals surface area contributed by atoms with Crippen molar-refractivity contribution in [3.05, 3.63) is 11.8 Å². The summed E-state index contributed by atoms with van der Waals surface area (Å²) < 4.78 is 42.5. The van der Waals surface area contributed by atoms with Gasteiger partial charge in [0.05, 0.1) is 12.2 Å². The Kier molecular flexibility index (Phi) is 4.38. The number of carboxylic acids is 1. The fraction of sp³-hybridized carbons (Fsp3) is 0.500. The molecule has 20 heavy (non-hydrogen) atoms. The first-order valence-corrected chi connectivity index (χ1v) is 5.34. The molecule has 10 heteroatoms. The van der Waals surface area contributed by atoms with Crippen LogP contribution in [0.2, 0.25) is 0 Å². The molecule has 0 aliphatic rings. The highest BCUT2D eigenvalue weighted by Crippen LogP contribution is 2.30. The summed E-state index contributed by atoms with van der Waals surface area (Å²) in [6.07, 6.45) is -5.05. The van der Waals surface area contributed by atoms with Crippen LogP contribution in [0.25, 0.3) is 0 Å². The number of carboxylic acid groups (broad SMARTS) is 1. The summed E-state index contributed by atoms with van der Waals surface area (Å²) >= 11 is 0. The van der Waals surface area contributed by atoms with E-state index >= 15 is 0 Å². The van der Waals surface area contributed by atoms with Crippen LogP contribution in [0.4, 0.5) is 19.1 Å². The van der Waals surface area contributed by atoms with E-state index < -0.39 is 30.1 Å². The topological polar surface area (TPSA) is 104 Å². The van der Waals surface area contributed by atoms with Gasteiger partial charge in [0.2, 0.25) is 17.3 Å². The molecule has 112 valence electrons. The number of nitrogens with zero attached hydrogens (tertiary/aromatic N) is 1. The number of rotatable bonds is 5. The maximum absolute atomic E-state index is 12.6. The Hall–Kier alpha value is -2.10. The molecular weight excluding hydrogens is 283 g/mol. The van der Waals surface area contributed by atoms with E-state index in [-0.39, 0.29) is 5.88 Å². The van der Waals surface area contributed by atoms with Crippen LogP contribution in [0, 0.1) is 6.92 Å². The molecule has 0 aliphatic heterocycles. The van der Waals surface area contributed by atoms with Crippen LogP contribution in [-0.4, -0.2) is 40.4 Å². The molecule has 0 fully saturated rings. The van der Waals surface area contributed by atoms with E-state index in [9.17, 15) is 22.8 Å². The maximum Gasteiger partial charge on any atom is 0.417 e. The molecule has 0 aliphatic carbocycles. The normalized spacial score (nSPS) is 14.7. The van der Waals surface area contributed by atoms with Gasteiger partial charge in [0.25, 0.3) is 0 Å². The number of alkyl halides is 3. The number of amides is 1. The molecule has 1 unspecified atom stereocenters. The SMILES string of the molecule is Cc1cc(NC(=O)CNC(C)(C(=O)O)C(F)(F)F)on1. The third-order valence-electron chi connectivity index (χ3n) is 2.49. The average Bonchev–Trinajstić information content (AvgIpc) is 2.69. The van der Waals surface area contributed by atoms with Gasteiger partial charge in [0.1, 0.15) is 0 Å². The number of halogens is 3. The highest BCUT2D eigenvalue weighted by Gasteiger charge is 2.57. The maximum atomic E-state index is 12.6. The van der Waals surface area contributed by atoms with Gasteiger partial charge in [-0.1, -0.05) is 5.16 Å². The third kappa shape index (κ3) is 3.47. The largest absolute Gasteiger partial charge is 0.480 e. The minimum Gasteiger partial charge on any atom is -0.480 e. The summed E-state index contributed by atoms with van der Waals surface area (Å²) in [4.78, 5) is 22.1. The van der Waals surface area contributed by atoms with Crippen molar-refractivity contribution in [2.75, 3.05) is 11.9 Å². The molecule has 1 aromatic rings. The lowest BCUT2D eigenvalue weighted by molar-refractivity contribution is -0.205. The first-order chi connectivity index (χ1) is 9.06. The van der Waals surface area contributed by atoms with Crippen LogP contribution in [0.1, 0.15) is 12.6 Å². The van der Waals surface area contributed by atoms with Gasteiger partial charge in [0.15, 0.2) is 0 Å². The molecule has 1 heterocycles. The molecule has 0 radical (unpaired) electrons. The highest BCUT2D eigenvalue weighted by atomic mass is 19.4. The van der Waals surface area contributed by atoms with Crippen molar-refractivity contribution in [3.8, 4) is 0 Å². The second-order valence-corrected chi connectivity index (χ2v) is 4.16. The lowest BCUT2D eigenvalue weighted by Gasteiger charge is -2.28. The Bertz CT molecular complexity index is 514. The number of nitrogens with one attached hydrogen (secondary N) is 2. The zero-order valence-corrected chi connectivity index (χ0v) is 10.5. The van der Waals surface area contributed by atoms with E-state index in [0.717, 1.165) is 0 Å². The molecule has 0 saturated heterocycles. The van der Waals surface area contributed by atoms with Gasteiger partial charge in [-0.05, 0) is 13.8 Å². The Balaban J connectivity index is 2.65. The molecule has 1 rings (SSSR count). The molecule has 1 aromatic heterocycles. The molecule has 0 spiro atoms. The minimum atomic E-state index is -5.05. The van der Waals surface area contributed by atoms with Gasteiger partial charge in [0, 0.05) is 6.07 Å². The first-order valence-electron chi connectivity index (χ1n) is 5.34. The fourth-order valence-electron chi connectivity index (χ4n) is 1.16. The number of hydrogen-bond acceptors (Lipinski definition) is 5.